The van der Waals surface area contributed by atoms with Crippen LogP contribution in [-0.4, -0.2) is 58.0 Å². The van der Waals surface area contributed by atoms with Crippen LogP contribution in [0, 0.1) is 5.92 Å². The summed E-state index contributed by atoms with van der Waals surface area (Å²) >= 11 is 0. The van der Waals surface area contributed by atoms with Crippen molar-refractivity contribution in [3.05, 3.63) is 95.2 Å². The number of oxime groups is 1. The average molecular weight is 685 g/mol. The Bertz CT molecular complexity index is 1090. The molecule has 3 aromatic rings. The average Bonchev–Trinajstić information content (AvgIpc) is 2.94. The Morgan fingerprint density at radius 3 is 2.37 bits per heavy atom. The normalized spacial score (nSPS) is 17.1. The fraction of sp³-hybridized carbons (Fsp3) is 0.414. The summed E-state index contributed by atoms with van der Waals surface area (Å²) in [6.45, 7) is 5.10. The van der Waals surface area contributed by atoms with Gasteiger partial charge >= 0.3 is 0 Å². The van der Waals surface area contributed by atoms with Crippen molar-refractivity contribution in [2.75, 3.05) is 31.9 Å². The number of aliphatic hydroxyl groups is 1. The molecule has 1 aromatic carbocycles. The third-order valence-corrected chi connectivity index (χ3v) is 6.63. The molecule has 2 saturated heterocycles. The Labute approximate surface area is 240 Å². The minimum absolute atomic E-state index is 0. The van der Waals surface area contributed by atoms with E-state index in [2.05, 4.69) is 25.3 Å². The second-order valence-electron chi connectivity index (χ2n) is 9.49. The van der Waals surface area contributed by atoms with Gasteiger partial charge in [-0.1, -0.05) is 54.4 Å². The number of nitrogens with two attached hydrogens (primary N) is 1. The first-order chi connectivity index (χ1) is 18.2. The number of pyridine rings is 2. The predicted molar refractivity (Wildman–Crippen MR) is 147 cm³/mol. The molecular weight excluding hydrogens is 648 g/mol. The van der Waals surface area contributed by atoms with Crippen molar-refractivity contribution < 1.29 is 31.0 Å². The quantitative estimate of drug-likeness (QED) is 0.282. The SMILES string of the molecule is Nc1cc(CN2CCC(O)CC2)ccn1.[W].c1ccc(CON=C(c2ccccn2)C2CC[N-]CC2)cc1. The van der Waals surface area contributed by atoms with E-state index in [1.807, 2.05) is 60.7 Å². The largest absolute Gasteiger partial charge is 0.662 e. The number of anilines is 1. The second-order valence-corrected chi connectivity index (χ2v) is 9.49. The van der Waals surface area contributed by atoms with E-state index in [0.29, 0.717) is 18.3 Å². The molecule has 0 aliphatic carbocycles. The van der Waals surface area contributed by atoms with Crippen molar-refractivity contribution in [2.45, 2.75) is 44.9 Å². The molecule has 4 heterocycles. The molecule has 9 heteroatoms. The fourth-order valence-electron chi connectivity index (χ4n) is 4.55. The van der Waals surface area contributed by atoms with Crippen molar-refractivity contribution in [3.63, 3.8) is 0 Å². The number of nitrogen functional groups attached to an aromatic ring is 1. The van der Waals surface area contributed by atoms with E-state index in [1.54, 1.807) is 12.4 Å². The summed E-state index contributed by atoms with van der Waals surface area (Å²) in [6.07, 6.45) is 7.22. The molecule has 2 aliphatic heterocycles. The summed E-state index contributed by atoms with van der Waals surface area (Å²) in [5.41, 5.74) is 9.78. The van der Waals surface area contributed by atoms with Crippen molar-refractivity contribution in [3.8, 4) is 0 Å². The standard InChI is InChI=1S/C18H20N3O.C11H17N3O.W/c1-2-6-15(7-3-1)14-22-21-18(16-9-12-19-13-10-16)17-8-4-5-11-20-17;12-11-7-9(1-4-13-11)8-14-5-2-10(15)3-6-14;/h1-8,11,16H,9-10,12-14H2;1,4,7,10,15H,2-3,5-6,8H2,(H2,12,13);/q-1;;. The number of hydrogen-bond acceptors (Lipinski definition) is 7. The molecule has 0 unspecified atom stereocenters. The van der Waals surface area contributed by atoms with Gasteiger partial charge in [0.05, 0.1) is 11.8 Å². The minimum atomic E-state index is -0.108. The zero-order valence-corrected chi connectivity index (χ0v) is 24.7. The molecule has 202 valence electrons. The smallest absolute Gasteiger partial charge is 0.142 e. The van der Waals surface area contributed by atoms with Gasteiger partial charge in [-0.25, -0.2) is 4.98 Å². The molecule has 38 heavy (non-hydrogen) atoms. The Morgan fingerprint density at radius 2 is 1.68 bits per heavy atom. The number of benzene rings is 1. The van der Waals surface area contributed by atoms with E-state index in [4.69, 9.17) is 10.6 Å². The zero-order chi connectivity index (χ0) is 25.7. The van der Waals surface area contributed by atoms with Crippen LogP contribution in [-0.2, 0) is 39.1 Å². The van der Waals surface area contributed by atoms with Gasteiger partial charge in [-0.05, 0) is 48.2 Å². The number of nitrogens with zero attached hydrogens (tertiary/aromatic N) is 5. The molecule has 0 saturated carbocycles. The Morgan fingerprint density at radius 1 is 0.947 bits per heavy atom. The summed E-state index contributed by atoms with van der Waals surface area (Å²) in [6, 6.07) is 19.9. The van der Waals surface area contributed by atoms with Gasteiger partial charge in [0.1, 0.15) is 18.1 Å². The minimum Gasteiger partial charge on any atom is -0.662 e. The summed E-state index contributed by atoms with van der Waals surface area (Å²) in [5, 5.41) is 18.2. The van der Waals surface area contributed by atoms with Crippen LogP contribution in [0.25, 0.3) is 5.32 Å². The van der Waals surface area contributed by atoms with E-state index < -0.39 is 0 Å². The maximum atomic E-state index is 9.38. The number of hydrogen-bond donors (Lipinski definition) is 2. The molecule has 0 atom stereocenters. The van der Waals surface area contributed by atoms with Gasteiger partial charge in [0.15, 0.2) is 0 Å². The van der Waals surface area contributed by atoms with E-state index >= 15 is 0 Å². The maximum Gasteiger partial charge on any atom is 0.142 e. The molecule has 5 rings (SSSR count). The van der Waals surface area contributed by atoms with Gasteiger partial charge in [0, 0.05) is 59.0 Å². The van der Waals surface area contributed by atoms with Gasteiger partial charge in [-0.2, -0.15) is 0 Å². The molecule has 2 aromatic heterocycles. The summed E-state index contributed by atoms with van der Waals surface area (Å²) < 4.78 is 0. The van der Waals surface area contributed by atoms with E-state index in [-0.39, 0.29) is 27.2 Å². The first-order valence-electron chi connectivity index (χ1n) is 13.1. The van der Waals surface area contributed by atoms with Crippen molar-refractivity contribution in [1.82, 2.24) is 14.9 Å². The van der Waals surface area contributed by atoms with Crippen LogP contribution in [0.4, 0.5) is 5.82 Å². The van der Waals surface area contributed by atoms with Gasteiger partial charge < -0.3 is 21.0 Å². The topological polar surface area (TPSA) is 111 Å². The molecular formula is C29H37N6O2W-. The zero-order valence-electron chi connectivity index (χ0n) is 21.7. The van der Waals surface area contributed by atoms with Crippen molar-refractivity contribution >= 4 is 11.5 Å². The summed E-state index contributed by atoms with van der Waals surface area (Å²) in [4.78, 5) is 16.3. The van der Waals surface area contributed by atoms with Crippen LogP contribution in [0.5, 0.6) is 0 Å². The van der Waals surface area contributed by atoms with Crippen LogP contribution in [0.15, 0.2) is 78.2 Å². The van der Waals surface area contributed by atoms with Crippen molar-refractivity contribution in [1.29, 1.82) is 0 Å². The van der Waals surface area contributed by atoms with Gasteiger partial charge in [-0.3, -0.25) is 9.88 Å². The van der Waals surface area contributed by atoms with Gasteiger partial charge in [-0.15, -0.1) is 13.1 Å². The van der Waals surface area contributed by atoms with E-state index in [0.717, 1.165) is 75.4 Å². The Kier molecular flexibility index (Phi) is 12.9. The first kappa shape index (κ1) is 29.9. The molecule has 0 bridgehead atoms. The van der Waals surface area contributed by atoms with Crippen LogP contribution in [0.3, 0.4) is 0 Å². The first-order valence-corrected chi connectivity index (χ1v) is 13.1. The van der Waals surface area contributed by atoms with Crippen LogP contribution < -0.4 is 5.73 Å². The number of piperidine rings is 2. The molecule has 3 N–H and O–H groups in total. The third-order valence-electron chi connectivity index (χ3n) is 6.63. The number of aliphatic hydroxyl groups excluding tert-OH is 1. The van der Waals surface area contributed by atoms with E-state index in [9.17, 15) is 5.11 Å². The number of likely N-dealkylation sites (tertiary alicyclic amines) is 1. The van der Waals surface area contributed by atoms with Crippen LogP contribution in [0.2, 0.25) is 0 Å². The predicted octanol–water partition coefficient (Wildman–Crippen LogP) is 4.40. The molecule has 2 aliphatic rings. The molecule has 0 radical (unpaired) electrons. The van der Waals surface area contributed by atoms with Gasteiger partial charge in [0.25, 0.3) is 0 Å². The second kappa shape index (κ2) is 16.3. The number of rotatable bonds is 7. The monoisotopic (exact) mass is 685 g/mol. The van der Waals surface area contributed by atoms with Gasteiger partial charge in [0.2, 0.25) is 0 Å². The fourth-order valence-corrected chi connectivity index (χ4v) is 4.55. The third kappa shape index (κ3) is 9.91. The molecule has 0 amide bonds. The summed E-state index contributed by atoms with van der Waals surface area (Å²) in [7, 11) is 0. The maximum absolute atomic E-state index is 9.38. The van der Waals surface area contributed by atoms with Crippen molar-refractivity contribution in [2.24, 2.45) is 11.1 Å². The molecule has 2 fully saturated rings. The molecule has 8 nitrogen and oxygen atoms in total. The Balaban J connectivity index is 0.000000220. The van der Waals surface area contributed by atoms with Crippen LogP contribution in [0.1, 0.15) is 42.5 Å². The Hall–Kier alpha value is -2.64. The van der Waals surface area contributed by atoms with E-state index in [1.165, 1.54) is 5.56 Å². The molecule has 0 spiro atoms. The van der Waals surface area contributed by atoms with Crippen LogP contribution >= 0.6 is 0 Å². The number of aromatic nitrogens is 2. The summed E-state index contributed by atoms with van der Waals surface area (Å²) in [5.74, 6) is 0.952.